The minimum atomic E-state index is -0.150. The first-order valence-electron chi connectivity index (χ1n) is 7.77. The van der Waals surface area contributed by atoms with Crippen molar-refractivity contribution in [3.8, 4) is 0 Å². The van der Waals surface area contributed by atoms with Gasteiger partial charge in [-0.3, -0.25) is 0 Å². The van der Waals surface area contributed by atoms with Gasteiger partial charge in [0.25, 0.3) is 0 Å². The summed E-state index contributed by atoms with van der Waals surface area (Å²) in [7, 11) is 1.93. The molecule has 116 valence electrons. The van der Waals surface area contributed by atoms with E-state index in [0.717, 1.165) is 31.3 Å². The Morgan fingerprint density at radius 1 is 1.29 bits per heavy atom. The van der Waals surface area contributed by atoms with E-state index in [0.29, 0.717) is 0 Å². The lowest BCUT2D eigenvalue weighted by Crippen LogP contribution is -2.46. The molecule has 1 unspecified atom stereocenters. The van der Waals surface area contributed by atoms with E-state index in [1.165, 1.54) is 16.6 Å². The number of rotatable bonds is 7. The molecule has 0 aliphatic heterocycles. The van der Waals surface area contributed by atoms with Crippen LogP contribution in [0.2, 0.25) is 0 Å². The van der Waals surface area contributed by atoms with E-state index >= 15 is 0 Å². The molecule has 0 saturated heterocycles. The third-order valence-corrected chi connectivity index (χ3v) is 4.80. The van der Waals surface area contributed by atoms with Gasteiger partial charge in [-0.1, -0.05) is 6.92 Å². The number of hydrogen-bond donors (Lipinski definition) is 2. The molecule has 0 radical (unpaired) electrons. The monoisotopic (exact) mass is 289 g/mol. The molecule has 0 spiro atoms. The number of hydrogen-bond acceptors (Lipinski definition) is 3. The molecule has 1 heterocycles. The maximum atomic E-state index is 9.59. The number of likely N-dealkylation sites (N-methyl/N-ethyl adjacent to an activating group) is 1. The topological polar surface area (TPSA) is 50.1 Å². The average molecular weight is 289 g/mol. The fourth-order valence-electron chi connectivity index (χ4n) is 2.83. The van der Waals surface area contributed by atoms with Crippen LogP contribution in [0.15, 0.2) is 18.5 Å². The van der Waals surface area contributed by atoms with Gasteiger partial charge in [-0.15, -0.1) is 0 Å². The van der Waals surface area contributed by atoms with Gasteiger partial charge in [0.1, 0.15) is 0 Å². The van der Waals surface area contributed by atoms with Gasteiger partial charge in [-0.05, 0) is 63.4 Å². The van der Waals surface area contributed by atoms with Crippen LogP contribution in [0.3, 0.4) is 0 Å². The largest absolute Gasteiger partial charge is 0.394 e. The van der Waals surface area contributed by atoms with E-state index in [4.69, 9.17) is 0 Å². The second kappa shape index (κ2) is 6.58. The summed E-state index contributed by atoms with van der Waals surface area (Å²) < 4.78 is 2.22. The van der Waals surface area contributed by atoms with Gasteiger partial charge in [0.05, 0.1) is 24.0 Å². The Hall–Kier alpha value is -1.39. The molecule has 2 aromatic rings. The minimum absolute atomic E-state index is 0.150. The van der Waals surface area contributed by atoms with Crippen molar-refractivity contribution in [3.63, 3.8) is 0 Å². The quantitative estimate of drug-likeness (QED) is 0.824. The van der Waals surface area contributed by atoms with Crippen molar-refractivity contribution in [2.75, 3.05) is 13.7 Å². The zero-order valence-corrected chi connectivity index (χ0v) is 13.6. The summed E-state index contributed by atoms with van der Waals surface area (Å²) in [4.78, 5) is 4.49. The first-order chi connectivity index (χ1) is 10.0. The molecule has 4 nitrogen and oxygen atoms in total. The first-order valence-corrected chi connectivity index (χ1v) is 7.77. The fraction of sp³-hybridized carbons (Fsp3) is 0.588. The molecule has 4 heteroatoms. The SMILES string of the molecule is CCC(CO)(CCCn1cnc2cc(C)c(C)cc21)NC. The number of benzene rings is 1. The maximum Gasteiger partial charge on any atom is 0.0958 e. The number of imidazole rings is 1. The molecule has 21 heavy (non-hydrogen) atoms. The molecular weight excluding hydrogens is 262 g/mol. The van der Waals surface area contributed by atoms with E-state index in [-0.39, 0.29) is 12.1 Å². The lowest BCUT2D eigenvalue weighted by atomic mass is 9.91. The third kappa shape index (κ3) is 3.27. The van der Waals surface area contributed by atoms with E-state index < -0.39 is 0 Å². The van der Waals surface area contributed by atoms with Crippen molar-refractivity contribution in [2.45, 2.75) is 52.1 Å². The molecule has 0 saturated carbocycles. The van der Waals surface area contributed by atoms with E-state index in [9.17, 15) is 5.11 Å². The molecule has 1 aromatic heterocycles. The predicted molar refractivity (Wildman–Crippen MR) is 87.6 cm³/mol. The summed E-state index contributed by atoms with van der Waals surface area (Å²) in [5, 5.41) is 12.9. The van der Waals surface area contributed by atoms with Gasteiger partial charge in [-0.2, -0.15) is 0 Å². The molecule has 1 atom stereocenters. The highest BCUT2D eigenvalue weighted by atomic mass is 16.3. The Kier molecular flexibility index (Phi) is 5.01. The number of aliphatic hydroxyl groups is 1. The van der Waals surface area contributed by atoms with Crippen LogP contribution in [0, 0.1) is 13.8 Å². The Morgan fingerprint density at radius 3 is 2.62 bits per heavy atom. The van der Waals surface area contributed by atoms with Gasteiger partial charge < -0.3 is 15.0 Å². The maximum absolute atomic E-state index is 9.59. The van der Waals surface area contributed by atoms with Crippen LogP contribution in [0.4, 0.5) is 0 Å². The van der Waals surface area contributed by atoms with Crippen LogP contribution >= 0.6 is 0 Å². The van der Waals surface area contributed by atoms with Crippen LogP contribution in [-0.4, -0.2) is 33.9 Å². The normalized spacial score (nSPS) is 14.5. The van der Waals surface area contributed by atoms with Gasteiger partial charge >= 0.3 is 0 Å². The summed E-state index contributed by atoms with van der Waals surface area (Å²) in [6, 6.07) is 4.37. The third-order valence-electron chi connectivity index (χ3n) is 4.80. The lowest BCUT2D eigenvalue weighted by Gasteiger charge is -2.30. The highest BCUT2D eigenvalue weighted by Gasteiger charge is 2.24. The molecule has 0 fully saturated rings. The summed E-state index contributed by atoms with van der Waals surface area (Å²) in [5.74, 6) is 0. The van der Waals surface area contributed by atoms with Crippen molar-refractivity contribution in [1.82, 2.24) is 14.9 Å². The molecule has 0 aliphatic carbocycles. The minimum Gasteiger partial charge on any atom is -0.394 e. The standard InChI is InChI=1S/C17H27N3O/c1-5-17(11-21,18-4)7-6-8-20-12-19-15-9-13(2)14(3)10-16(15)20/h9-10,12,18,21H,5-8,11H2,1-4H3. The Labute approximate surface area is 127 Å². The van der Waals surface area contributed by atoms with Crippen LogP contribution in [0.5, 0.6) is 0 Å². The molecule has 0 amide bonds. The smallest absolute Gasteiger partial charge is 0.0958 e. The summed E-state index contributed by atoms with van der Waals surface area (Å²) >= 11 is 0. The first kappa shape index (κ1) is 16.0. The van der Waals surface area contributed by atoms with Crippen LogP contribution < -0.4 is 5.32 Å². The zero-order chi connectivity index (χ0) is 15.5. The van der Waals surface area contributed by atoms with Crippen LogP contribution in [0.1, 0.15) is 37.3 Å². The van der Waals surface area contributed by atoms with E-state index in [1.807, 2.05) is 13.4 Å². The fourth-order valence-corrected chi connectivity index (χ4v) is 2.83. The number of aryl methyl sites for hydroxylation is 3. The Morgan fingerprint density at radius 2 is 2.00 bits per heavy atom. The molecule has 0 bridgehead atoms. The average Bonchev–Trinajstić information content (AvgIpc) is 2.87. The Balaban J connectivity index is 2.09. The highest BCUT2D eigenvalue weighted by Crippen LogP contribution is 2.21. The van der Waals surface area contributed by atoms with Crippen molar-refractivity contribution in [1.29, 1.82) is 0 Å². The van der Waals surface area contributed by atoms with E-state index in [2.05, 4.69) is 47.8 Å². The zero-order valence-electron chi connectivity index (χ0n) is 13.6. The predicted octanol–water partition coefficient (Wildman–Crippen LogP) is 2.79. The van der Waals surface area contributed by atoms with E-state index in [1.54, 1.807) is 0 Å². The molecular formula is C17H27N3O. The second-order valence-electron chi connectivity index (χ2n) is 6.01. The number of aliphatic hydroxyl groups excluding tert-OH is 1. The van der Waals surface area contributed by atoms with Gasteiger partial charge in [0, 0.05) is 12.1 Å². The summed E-state index contributed by atoms with van der Waals surface area (Å²) in [6.07, 6.45) is 4.84. The number of nitrogens with zero attached hydrogens (tertiary/aromatic N) is 2. The molecule has 0 aliphatic rings. The number of nitrogens with one attached hydrogen (secondary N) is 1. The summed E-state index contributed by atoms with van der Waals surface area (Å²) in [6.45, 7) is 7.50. The van der Waals surface area contributed by atoms with Crippen LogP contribution in [-0.2, 0) is 6.54 Å². The number of fused-ring (bicyclic) bond motifs is 1. The van der Waals surface area contributed by atoms with Crippen molar-refractivity contribution >= 4 is 11.0 Å². The highest BCUT2D eigenvalue weighted by molar-refractivity contribution is 5.77. The van der Waals surface area contributed by atoms with Crippen molar-refractivity contribution in [3.05, 3.63) is 29.6 Å². The summed E-state index contributed by atoms with van der Waals surface area (Å²) in [5.41, 5.74) is 4.71. The van der Waals surface area contributed by atoms with Gasteiger partial charge in [0.15, 0.2) is 0 Å². The Bertz CT molecular complexity index is 591. The second-order valence-corrected chi connectivity index (χ2v) is 6.01. The number of aromatic nitrogens is 2. The van der Waals surface area contributed by atoms with Gasteiger partial charge in [0.2, 0.25) is 0 Å². The molecule has 1 aromatic carbocycles. The van der Waals surface area contributed by atoms with Crippen LogP contribution in [0.25, 0.3) is 11.0 Å². The lowest BCUT2D eigenvalue weighted by molar-refractivity contribution is 0.151. The van der Waals surface area contributed by atoms with Crippen molar-refractivity contribution in [2.24, 2.45) is 0 Å². The molecule has 2 N–H and O–H groups in total. The van der Waals surface area contributed by atoms with Crippen molar-refractivity contribution < 1.29 is 5.11 Å². The molecule has 2 rings (SSSR count). The van der Waals surface area contributed by atoms with Gasteiger partial charge in [-0.25, -0.2) is 4.98 Å².